The Kier molecular flexibility index (Phi) is 6.66. The van der Waals surface area contributed by atoms with Crippen molar-refractivity contribution in [2.45, 2.75) is 46.0 Å². The van der Waals surface area contributed by atoms with Gasteiger partial charge < -0.3 is 10.2 Å². The van der Waals surface area contributed by atoms with Crippen LogP contribution in [0, 0.1) is 12.8 Å². The van der Waals surface area contributed by atoms with E-state index in [1.165, 1.54) is 4.68 Å². The van der Waals surface area contributed by atoms with Crippen LogP contribution < -0.4 is 5.32 Å². The summed E-state index contributed by atoms with van der Waals surface area (Å²) in [6.45, 7) is 5.84. The molecule has 0 unspecified atom stereocenters. The van der Waals surface area contributed by atoms with Crippen LogP contribution in [0.5, 0.6) is 0 Å². The summed E-state index contributed by atoms with van der Waals surface area (Å²) in [7, 11) is 1.72. The van der Waals surface area contributed by atoms with Crippen molar-refractivity contribution in [1.29, 1.82) is 0 Å². The first-order chi connectivity index (χ1) is 11.5. The summed E-state index contributed by atoms with van der Waals surface area (Å²) >= 11 is 6.18. The zero-order chi connectivity index (χ0) is 17.7. The molecule has 1 saturated heterocycles. The highest BCUT2D eigenvalue weighted by Gasteiger charge is 2.30. The minimum Gasteiger partial charge on any atom is -0.356 e. The summed E-state index contributed by atoms with van der Waals surface area (Å²) in [4.78, 5) is 26.6. The number of aryl methyl sites for hydroxylation is 2. The fourth-order valence-electron chi connectivity index (χ4n) is 3.11. The maximum atomic E-state index is 12.7. The van der Waals surface area contributed by atoms with Crippen molar-refractivity contribution in [3.63, 3.8) is 0 Å². The van der Waals surface area contributed by atoms with Crippen LogP contribution in [-0.2, 0) is 11.8 Å². The number of piperidine rings is 1. The molecule has 0 aliphatic carbocycles. The van der Waals surface area contributed by atoms with Crippen molar-refractivity contribution >= 4 is 23.4 Å². The number of likely N-dealkylation sites (tertiary alicyclic amines) is 1. The van der Waals surface area contributed by atoms with Crippen LogP contribution >= 0.6 is 11.6 Å². The molecule has 0 radical (unpaired) electrons. The quantitative estimate of drug-likeness (QED) is 0.798. The number of hydrogen-bond donors (Lipinski definition) is 1. The Morgan fingerprint density at radius 1 is 1.29 bits per heavy atom. The van der Waals surface area contributed by atoms with E-state index in [1.54, 1.807) is 18.9 Å². The van der Waals surface area contributed by atoms with Gasteiger partial charge in [-0.1, -0.05) is 31.4 Å². The molecular weight excluding hydrogens is 328 g/mol. The second-order valence-electron chi connectivity index (χ2n) is 6.44. The molecule has 1 aromatic rings. The van der Waals surface area contributed by atoms with Crippen molar-refractivity contribution in [2.24, 2.45) is 13.0 Å². The summed E-state index contributed by atoms with van der Waals surface area (Å²) in [5.74, 6) is 0.0299. The average Bonchev–Trinajstić information content (AvgIpc) is 2.83. The lowest BCUT2D eigenvalue weighted by Gasteiger charge is -2.31. The van der Waals surface area contributed by atoms with Gasteiger partial charge in [-0.15, -0.1) is 0 Å². The normalized spacial score (nSPS) is 15.6. The molecule has 1 aromatic heterocycles. The van der Waals surface area contributed by atoms with Gasteiger partial charge in [-0.2, -0.15) is 5.10 Å². The highest BCUT2D eigenvalue weighted by molar-refractivity contribution is 6.33. The van der Waals surface area contributed by atoms with E-state index in [0.29, 0.717) is 42.3 Å². The molecule has 0 aromatic carbocycles. The predicted octanol–water partition coefficient (Wildman–Crippen LogP) is 2.54. The lowest BCUT2D eigenvalue weighted by Crippen LogP contribution is -2.43. The number of halogens is 1. The lowest BCUT2D eigenvalue weighted by molar-refractivity contribution is -0.126. The van der Waals surface area contributed by atoms with E-state index in [9.17, 15) is 9.59 Å². The van der Waals surface area contributed by atoms with E-state index in [2.05, 4.69) is 17.3 Å². The Balaban J connectivity index is 1.86. The number of carbonyl (C=O) groups is 2. The Labute approximate surface area is 148 Å². The van der Waals surface area contributed by atoms with Crippen LogP contribution in [0.25, 0.3) is 0 Å². The maximum Gasteiger partial charge on any atom is 0.258 e. The number of unbranched alkanes of at least 4 members (excludes halogenated alkanes) is 2. The Morgan fingerprint density at radius 3 is 2.50 bits per heavy atom. The summed E-state index contributed by atoms with van der Waals surface area (Å²) in [6, 6.07) is 0. The third kappa shape index (κ3) is 4.29. The number of hydrogen-bond acceptors (Lipinski definition) is 3. The Hall–Kier alpha value is -1.56. The fourth-order valence-corrected chi connectivity index (χ4v) is 3.36. The largest absolute Gasteiger partial charge is 0.356 e. The number of rotatable bonds is 6. The van der Waals surface area contributed by atoms with E-state index >= 15 is 0 Å². The standard InChI is InChI=1S/C17H27ClN4O2/c1-4-5-6-9-19-16(23)13-7-10-22(11-8-13)17(24)14-12(2)20-21(3)15(14)18/h13H,4-11H2,1-3H3,(H,19,23). The highest BCUT2D eigenvalue weighted by atomic mass is 35.5. The summed E-state index contributed by atoms with van der Waals surface area (Å²) < 4.78 is 1.51. The molecule has 1 fully saturated rings. The number of carbonyl (C=O) groups excluding carboxylic acids is 2. The van der Waals surface area contributed by atoms with E-state index in [4.69, 9.17) is 11.6 Å². The van der Waals surface area contributed by atoms with E-state index in [-0.39, 0.29) is 17.7 Å². The first-order valence-electron chi connectivity index (χ1n) is 8.71. The van der Waals surface area contributed by atoms with Gasteiger partial charge in [0.05, 0.1) is 11.3 Å². The number of amides is 2. The van der Waals surface area contributed by atoms with Crippen molar-refractivity contribution < 1.29 is 9.59 Å². The third-order valence-electron chi connectivity index (χ3n) is 4.60. The molecule has 1 N–H and O–H groups in total. The topological polar surface area (TPSA) is 67.2 Å². The zero-order valence-electron chi connectivity index (χ0n) is 14.8. The predicted molar refractivity (Wildman–Crippen MR) is 94.1 cm³/mol. The second-order valence-corrected chi connectivity index (χ2v) is 6.80. The molecule has 7 heteroatoms. The van der Waals surface area contributed by atoms with Crippen molar-refractivity contribution in [3.05, 3.63) is 16.4 Å². The smallest absolute Gasteiger partial charge is 0.258 e. The third-order valence-corrected chi connectivity index (χ3v) is 5.03. The van der Waals surface area contributed by atoms with Crippen LogP contribution in [0.1, 0.15) is 55.1 Å². The van der Waals surface area contributed by atoms with Gasteiger partial charge in [-0.25, -0.2) is 0 Å². The molecule has 2 amide bonds. The van der Waals surface area contributed by atoms with Gasteiger partial charge in [0.1, 0.15) is 5.15 Å². The Bertz CT molecular complexity index is 592. The van der Waals surface area contributed by atoms with Gasteiger partial charge >= 0.3 is 0 Å². The van der Waals surface area contributed by atoms with Gasteiger partial charge in [0.15, 0.2) is 0 Å². The molecule has 0 saturated carbocycles. The van der Waals surface area contributed by atoms with E-state index in [0.717, 1.165) is 25.8 Å². The molecular formula is C17H27ClN4O2. The van der Waals surface area contributed by atoms with Gasteiger partial charge in [0, 0.05) is 32.6 Å². The minimum atomic E-state index is -0.0904. The van der Waals surface area contributed by atoms with Crippen LogP contribution in [0.4, 0.5) is 0 Å². The molecule has 1 aliphatic heterocycles. The number of nitrogens with one attached hydrogen (secondary N) is 1. The van der Waals surface area contributed by atoms with Crippen molar-refractivity contribution in [1.82, 2.24) is 20.0 Å². The van der Waals surface area contributed by atoms with Gasteiger partial charge in [-0.3, -0.25) is 14.3 Å². The van der Waals surface area contributed by atoms with Gasteiger partial charge in [0.2, 0.25) is 5.91 Å². The monoisotopic (exact) mass is 354 g/mol. The fraction of sp³-hybridized carbons (Fsp3) is 0.706. The number of nitrogens with zero attached hydrogens (tertiary/aromatic N) is 3. The maximum absolute atomic E-state index is 12.7. The minimum absolute atomic E-state index is 0.00106. The van der Waals surface area contributed by atoms with E-state index < -0.39 is 0 Å². The molecule has 0 spiro atoms. The zero-order valence-corrected chi connectivity index (χ0v) is 15.5. The van der Waals surface area contributed by atoms with E-state index in [1.807, 2.05) is 0 Å². The van der Waals surface area contributed by atoms with Crippen LogP contribution in [0.2, 0.25) is 5.15 Å². The van der Waals surface area contributed by atoms with Gasteiger partial charge in [-0.05, 0) is 26.2 Å². The van der Waals surface area contributed by atoms with Crippen LogP contribution in [0.3, 0.4) is 0 Å². The molecule has 134 valence electrons. The first-order valence-corrected chi connectivity index (χ1v) is 9.09. The Morgan fingerprint density at radius 2 is 1.96 bits per heavy atom. The molecule has 0 bridgehead atoms. The summed E-state index contributed by atoms with van der Waals surface area (Å²) in [5, 5.41) is 7.57. The van der Waals surface area contributed by atoms with Crippen molar-refractivity contribution in [3.8, 4) is 0 Å². The van der Waals surface area contributed by atoms with Crippen LogP contribution in [0.15, 0.2) is 0 Å². The van der Waals surface area contributed by atoms with Crippen LogP contribution in [-0.4, -0.2) is 46.1 Å². The highest BCUT2D eigenvalue weighted by Crippen LogP contribution is 2.24. The second kappa shape index (κ2) is 8.51. The molecule has 24 heavy (non-hydrogen) atoms. The molecule has 2 heterocycles. The number of aromatic nitrogens is 2. The summed E-state index contributed by atoms with van der Waals surface area (Å²) in [6.07, 6.45) is 4.70. The van der Waals surface area contributed by atoms with Crippen molar-refractivity contribution in [2.75, 3.05) is 19.6 Å². The lowest BCUT2D eigenvalue weighted by atomic mass is 9.95. The van der Waals surface area contributed by atoms with Gasteiger partial charge in [0.25, 0.3) is 5.91 Å². The SMILES string of the molecule is CCCCCNC(=O)C1CCN(C(=O)c2c(C)nn(C)c2Cl)CC1. The summed E-state index contributed by atoms with van der Waals surface area (Å²) in [5.41, 5.74) is 1.12. The molecule has 0 atom stereocenters. The molecule has 1 aliphatic rings. The first kappa shape index (κ1) is 18.8. The molecule has 2 rings (SSSR count). The molecule has 6 nitrogen and oxygen atoms in total. The average molecular weight is 355 g/mol.